The number of hydrogen-bond acceptors (Lipinski definition) is 3. The van der Waals surface area contributed by atoms with Crippen LogP contribution in [0, 0.1) is 0 Å². The molecule has 13 heavy (non-hydrogen) atoms. The average molecular weight is 180 g/mol. The number of H-pyrrole nitrogens is 1. The van der Waals surface area contributed by atoms with Crippen LogP contribution < -0.4 is 11.2 Å². The zero-order valence-electron chi connectivity index (χ0n) is 7.24. The number of nitrogens with one attached hydrogen (secondary N) is 1. The summed E-state index contributed by atoms with van der Waals surface area (Å²) in [4.78, 5) is 22.8. The molecule has 2 aromatic rings. The maximum absolute atomic E-state index is 11.5. The Morgan fingerprint density at radius 1 is 1.31 bits per heavy atom. The van der Waals surface area contributed by atoms with Crippen molar-refractivity contribution in [1.29, 1.82) is 0 Å². The predicted molar refractivity (Wildman–Crippen MR) is 46.6 cm³/mol. The standard InChI is InChI=1S/C7H8N4O2/c1-10-5-4(3-8-9-5)6(12)11(2)7(10)13/h3H,1-2H3,(H,8,9). The van der Waals surface area contributed by atoms with Gasteiger partial charge in [0.15, 0.2) is 0 Å². The summed E-state index contributed by atoms with van der Waals surface area (Å²) in [6.45, 7) is 0. The first kappa shape index (κ1) is 7.78. The summed E-state index contributed by atoms with van der Waals surface area (Å²) < 4.78 is 2.40. The summed E-state index contributed by atoms with van der Waals surface area (Å²) in [6, 6.07) is 0. The third kappa shape index (κ3) is 0.851. The summed E-state index contributed by atoms with van der Waals surface area (Å²) >= 11 is 0. The number of aromatic amines is 1. The van der Waals surface area contributed by atoms with Gasteiger partial charge in [-0.3, -0.25) is 19.0 Å². The van der Waals surface area contributed by atoms with Crippen molar-refractivity contribution < 1.29 is 0 Å². The molecule has 2 aromatic heterocycles. The summed E-state index contributed by atoms with van der Waals surface area (Å²) in [5.74, 6) is 0. The smallest absolute Gasteiger partial charge is 0.281 e. The van der Waals surface area contributed by atoms with Gasteiger partial charge >= 0.3 is 5.69 Å². The lowest BCUT2D eigenvalue weighted by atomic mass is 10.4. The van der Waals surface area contributed by atoms with E-state index in [9.17, 15) is 9.59 Å². The molecule has 0 aliphatic carbocycles. The highest BCUT2D eigenvalue weighted by atomic mass is 16.2. The molecular weight excluding hydrogens is 172 g/mol. The minimum Gasteiger partial charge on any atom is -0.281 e. The van der Waals surface area contributed by atoms with Gasteiger partial charge in [-0.1, -0.05) is 0 Å². The lowest BCUT2D eigenvalue weighted by molar-refractivity contribution is 0.708. The average Bonchev–Trinajstić information content (AvgIpc) is 2.59. The summed E-state index contributed by atoms with van der Waals surface area (Å²) in [5.41, 5.74) is -0.235. The molecule has 0 aromatic carbocycles. The first-order valence-electron chi connectivity index (χ1n) is 3.72. The molecule has 0 atom stereocenters. The Kier molecular flexibility index (Phi) is 1.39. The molecule has 2 heterocycles. The number of aryl methyl sites for hydroxylation is 1. The molecule has 0 spiro atoms. The van der Waals surface area contributed by atoms with Crippen LogP contribution in [0.25, 0.3) is 11.0 Å². The molecule has 0 saturated carbocycles. The number of aromatic nitrogens is 4. The summed E-state index contributed by atoms with van der Waals surface area (Å²) in [7, 11) is 3.03. The van der Waals surface area contributed by atoms with Crippen molar-refractivity contribution in [2.24, 2.45) is 14.1 Å². The first-order chi connectivity index (χ1) is 6.13. The minimum atomic E-state index is -0.359. The molecule has 1 N–H and O–H groups in total. The van der Waals surface area contributed by atoms with Crippen molar-refractivity contribution in [3.63, 3.8) is 0 Å². The molecule has 0 fully saturated rings. The van der Waals surface area contributed by atoms with Crippen molar-refractivity contribution in [3.8, 4) is 0 Å². The predicted octanol–water partition coefficient (Wildman–Crippen LogP) is -1.04. The van der Waals surface area contributed by atoms with E-state index in [2.05, 4.69) is 10.2 Å². The molecule has 6 nitrogen and oxygen atoms in total. The van der Waals surface area contributed by atoms with Crippen LogP contribution >= 0.6 is 0 Å². The number of hydrogen-bond donors (Lipinski definition) is 1. The Hall–Kier alpha value is -1.85. The van der Waals surface area contributed by atoms with E-state index >= 15 is 0 Å². The van der Waals surface area contributed by atoms with E-state index in [1.807, 2.05) is 0 Å². The topological polar surface area (TPSA) is 72.7 Å². The van der Waals surface area contributed by atoms with Crippen LogP contribution in [-0.2, 0) is 14.1 Å². The zero-order chi connectivity index (χ0) is 9.59. The van der Waals surface area contributed by atoms with Gasteiger partial charge in [0.05, 0.1) is 6.20 Å². The van der Waals surface area contributed by atoms with Crippen LogP contribution in [0.1, 0.15) is 0 Å². The third-order valence-corrected chi connectivity index (χ3v) is 2.06. The monoisotopic (exact) mass is 180 g/mol. The normalized spacial score (nSPS) is 10.9. The molecule has 0 unspecified atom stereocenters. The number of fused-ring (bicyclic) bond motifs is 1. The fraction of sp³-hybridized carbons (Fsp3) is 0.286. The van der Waals surface area contributed by atoms with Crippen LogP contribution in [0.15, 0.2) is 15.8 Å². The van der Waals surface area contributed by atoms with Gasteiger partial charge in [-0.2, -0.15) is 5.10 Å². The van der Waals surface area contributed by atoms with Gasteiger partial charge in [0.25, 0.3) is 5.56 Å². The first-order valence-corrected chi connectivity index (χ1v) is 3.72. The van der Waals surface area contributed by atoms with E-state index < -0.39 is 0 Å². The molecule has 0 bridgehead atoms. The van der Waals surface area contributed by atoms with Crippen molar-refractivity contribution in [2.45, 2.75) is 0 Å². The van der Waals surface area contributed by atoms with Gasteiger partial charge < -0.3 is 0 Å². The molecule has 2 rings (SSSR count). The van der Waals surface area contributed by atoms with E-state index in [1.165, 1.54) is 17.8 Å². The number of rotatable bonds is 0. The van der Waals surface area contributed by atoms with Gasteiger partial charge in [-0.25, -0.2) is 4.79 Å². The Bertz CT molecular complexity index is 574. The Morgan fingerprint density at radius 2 is 2.00 bits per heavy atom. The van der Waals surface area contributed by atoms with Crippen molar-refractivity contribution in [1.82, 2.24) is 19.3 Å². The maximum Gasteiger partial charge on any atom is 0.332 e. The van der Waals surface area contributed by atoms with Gasteiger partial charge in [-0.05, 0) is 0 Å². The molecule has 68 valence electrons. The second kappa shape index (κ2) is 2.32. The van der Waals surface area contributed by atoms with Crippen LogP contribution in [0.3, 0.4) is 0 Å². The largest absolute Gasteiger partial charge is 0.332 e. The van der Waals surface area contributed by atoms with Crippen molar-refractivity contribution >= 4 is 11.0 Å². The lowest BCUT2D eigenvalue weighted by Crippen LogP contribution is -2.36. The van der Waals surface area contributed by atoms with E-state index in [1.54, 1.807) is 7.05 Å². The number of nitrogens with zero attached hydrogens (tertiary/aromatic N) is 3. The second-order valence-corrected chi connectivity index (χ2v) is 2.84. The summed E-state index contributed by atoms with van der Waals surface area (Å²) in [5, 5.41) is 6.72. The Balaban J connectivity index is 3.21. The Labute approximate surface area is 72.4 Å². The highest BCUT2D eigenvalue weighted by Crippen LogP contribution is 1.99. The quantitative estimate of drug-likeness (QED) is 0.562. The maximum atomic E-state index is 11.5. The molecule has 0 radical (unpaired) electrons. The van der Waals surface area contributed by atoms with Crippen LogP contribution in [0.4, 0.5) is 0 Å². The van der Waals surface area contributed by atoms with Gasteiger partial charge in [0, 0.05) is 14.1 Å². The molecule has 0 aliphatic rings. The fourth-order valence-corrected chi connectivity index (χ4v) is 1.28. The highest BCUT2D eigenvalue weighted by Gasteiger charge is 2.08. The minimum absolute atomic E-state index is 0.327. The SMILES string of the molecule is Cn1c(=O)c2cn[nH]c2n(C)c1=O. The molecular formula is C7H8N4O2. The van der Waals surface area contributed by atoms with E-state index in [0.29, 0.717) is 11.0 Å². The van der Waals surface area contributed by atoms with E-state index in [4.69, 9.17) is 0 Å². The molecule has 6 heteroatoms. The molecule has 0 amide bonds. The van der Waals surface area contributed by atoms with Crippen LogP contribution in [-0.4, -0.2) is 19.3 Å². The van der Waals surface area contributed by atoms with Gasteiger partial charge in [-0.15, -0.1) is 0 Å². The third-order valence-electron chi connectivity index (χ3n) is 2.06. The van der Waals surface area contributed by atoms with Crippen molar-refractivity contribution in [3.05, 3.63) is 27.0 Å². The van der Waals surface area contributed by atoms with Crippen molar-refractivity contribution in [2.75, 3.05) is 0 Å². The van der Waals surface area contributed by atoms with E-state index in [0.717, 1.165) is 4.57 Å². The molecule has 0 saturated heterocycles. The van der Waals surface area contributed by atoms with E-state index in [-0.39, 0.29) is 11.2 Å². The lowest BCUT2D eigenvalue weighted by Gasteiger charge is -2.01. The fourth-order valence-electron chi connectivity index (χ4n) is 1.28. The second-order valence-electron chi connectivity index (χ2n) is 2.84. The highest BCUT2D eigenvalue weighted by molar-refractivity contribution is 5.72. The van der Waals surface area contributed by atoms with Gasteiger partial charge in [0.1, 0.15) is 11.0 Å². The summed E-state index contributed by atoms with van der Waals surface area (Å²) in [6.07, 6.45) is 1.41. The van der Waals surface area contributed by atoms with Gasteiger partial charge in [0.2, 0.25) is 0 Å². The molecule has 0 aliphatic heterocycles. The zero-order valence-corrected chi connectivity index (χ0v) is 7.24. The van der Waals surface area contributed by atoms with Crippen LogP contribution in [0.2, 0.25) is 0 Å². The van der Waals surface area contributed by atoms with Crippen LogP contribution in [0.5, 0.6) is 0 Å². The Morgan fingerprint density at radius 3 is 2.69 bits per heavy atom.